The molecule has 25 heavy (non-hydrogen) atoms. The Bertz CT molecular complexity index is 797. The lowest BCUT2D eigenvalue weighted by Crippen LogP contribution is -2.42. The lowest BCUT2D eigenvalue weighted by atomic mass is 9.97. The summed E-state index contributed by atoms with van der Waals surface area (Å²) in [4.78, 5) is 29.9. The normalized spacial score (nSPS) is 18.6. The van der Waals surface area contributed by atoms with Crippen molar-refractivity contribution in [3.8, 4) is 0 Å². The van der Waals surface area contributed by atoms with Crippen LogP contribution in [0.15, 0.2) is 35.1 Å². The summed E-state index contributed by atoms with van der Waals surface area (Å²) in [5, 5.41) is 3.83. The van der Waals surface area contributed by atoms with Gasteiger partial charge in [-0.3, -0.25) is 9.59 Å². The van der Waals surface area contributed by atoms with Crippen LogP contribution in [-0.2, 0) is 0 Å². The van der Waals surface area contributed by atoms with E-state index in [9.17, 15) is 9.59 Å². The molecule has 2 heterocycles. The third kappa shape index (κ3) is 4.48. The van der Waals surface area contributed by atoms with Crippen molar-refractivity contribution in [1.29, 1.82) is 0 Å². The minimum Gasteiger partial charge on any atom is -0.352 e. The molecule has 2 aromatic rings. The largest absolute Gasteiger partial charge is 0.352 e. The number of carbonyl (C=O) groups is 1. The van der Waals surface area contributed by atoms with Gasteiger partial charge in [-0.2, -0.15) is 0 Å². The maximum absolute atomic E-state index is 12.5. The number of nitrogens with zero attached hydrogens (tertiary/aromatic N) is 1. The molecule has 0 bridgehead atoms. The third-order valence-corrected chi connectivity index (χ3v) is 4.78. The summed E-state index contributed by atoms with van der Waals surface area (Å²) in [7, 11) is 0. The first-order chi connectivity index (χ1) is 12.0. The van der Waals surface area contributed by atoms with Gasteiger partial charge in [0.1, 0.15) is 5.56 Å². The summed E-state index contributed by atoms with van der Waals surface area (Å²) < 4.78 is 0. The lowest BCUT2D eigenvalue weighted by Gasteiger charge is -2.33. The van der Waals surface area contributed by atoms with E-state index in [0.717, 1.165) is 37.0 Å². The molecule has 0 aliphatic carbocycles. The second kappa shape index (κ2) is 7.83. The molecule has 134 valence electrons. The first kappa shape index (κ1) is 17.7. The van der Waals surface area contributed by atoms with Crippen molar-refractivity contribution in [3.05, 3.63) is 46.2 Å². The molecule has 1 fully saturated rings. The fourth-order valence-electron chi connectivity index (χ4n) is 3.65. The highest BCUT2D eigenvalue weighted by Gasteiger charge is 2.21. The zero-order chi connectivity index (χ0) is 17.8. The van der Waals surface area contributed by atoms with Crippen LogP contribution in [0.1, 0.15) is 37.0 Å². The number of nitrogens with one attached hydrogen (secondary N) is 2. The van der Waals surface area contributed by atoms with Crippen LogP contribution in [0.4, 0.5) is 0 Å². The molecule has 5 heteroatoms. The molecular weight excluding hydrogens is 314 g/mol. The fraction of sp³-hybridized carbons (Fsp3) is 0.500. The van der Waals surface area contributed by atoms with E-state index in [0.29, 0.717) is 18.4 Å². The molecule has 2 N–H and O–H groups in total. The van der Waals surface area contributed by atoms with E-state index in [1.54, 1.807) is 6.07 Å². The van der Waals surface area contributed by atoms with Crippen LogP contribution < -0.4 is 10.9 Å². The fourth-order valence-corrected chi connectivity index (χ4v) is 3.65. The number of pyridine rings is 1. The van der Waals surface area contributed by atoms with Crippen molar-refractivity contribution in [2.75, 3.05) is 26.2 Å². The number of hydrogen-bond acceptors (Lipinski definition) is 3. The average molecular weight is 341 g/mol. The van der Waals surface area contributed by atoms with Gasteiger partial charge in [0.25, 0.3) is 11.5 Å². The third-order valence-electron chi connectivity index (χ3n) is 4.78. The Morgan fingerprint density at radius 2 is 2.16 bits per heavy atom. The quantitative estimate of drug-likeness (QED) is 0.879. The molecule has 1 aliphatic rings. The van der Waals surface area contributed by atoms with Crippen LogP contribution in [-0.4, -0.2) is 42.0 Å². The van der Waals surface area contributed by atoms with Crippen LogP contribution in [0, 0.1) is 11.8 Å². The van der Waals surface area contributed by atoms with Gasteiger partial charge in [0.05, 0.1) is 0 Å². The summed E-state index contributed by atoms with van der Waals surface area (Å²) in [6, 6.07) is 9.17. The highest BCUT2D eigenvalue weighted by atomic mass is 16.2. The number of benzene rings is 1. The standard InChI is InChI=1S/C20H27N3O2/c1-14(2)12-23-9-5-6-15(13-23)11-21-19(24)17-10-16-7-3-4-8-18(16)22-20(17)25/h3-4,7-8,10,14-15H,5-6,9,11-13H2,1-2H3,(H,21,24)(H,22,25). The van der Waals surface area contributed by atoms with Crippen LogP contribution in [0.25, 0.3) is 10.9 Å². The zero-order valence-electron chi connectivity index (χ0n) is 15.0. The van der Waals surface area contributed by atoms with E-state index in [1.165, 1.54) is 6.42 Å². The monoisotopic (exact) mass is 341 g/mol. The Morgan fingerprint density at radius 1 is 1.36 bits per heavy atom. The number of para-hydroxylation sites is 1. The van der Waals surface area contributed by atoms with E-state index >= 15 is 0 Å². The Hall–Kier alpha value is -2.14. The number of hydrogen-bond donors (Lipinski definition) is 2. The number of amides is 1. The van der Waals surface area contributed by atoms with Gasteiger partial charge in [-0.15, -0.1) is 0 Å². The molecule has 5 nitrogen and oxygen atoms in total. The summed E-state index contributed by atoms with van der Waals surface area (Å²) in [6.07, 6.45) is 2.30. The van der Waals surface area contributed by atoms with E-state index in [4.69, 9.17) is 0 Å². The van der Waals surface area contributed by atoms with E-state index < -0.39 is 0 Å². The van der Waals surface area contributed by atoms with E-state index in [-0.39, 0.29) is 17.0 Å². The molecule has 0 radical (unpaired) electrons. The van der Waals surface area contributed by atoms with Gasteiger partial charge in [0.2, 0.25) is 0 Å². The molecular formula is C20H27N3O2. The van der Waals surface area contributed by atoms with E-state index in [2.05, 4.69) is 29.0 Å². The average Bonchev–Trinajstić information content (AvgIpc) is 2.59. The second-order valence-corrected chi connectivity index (χ2v) is 7.47. The van der Waals surface area contributed by atoms with Crippen molar-refractivity contribution in [3.63, 3.8) is 0 Å². The summed E-state index contributed by atoms with van der Waals surface area (Å²) in [6.45, 7) is 8.36. The number of carbonyl (C=O) groups excluding carboxylic acids is 1. The summed E-state index contributed by atoms with van der Waals surface area (Å²) in [5.74, 6) is 0.827. The SMILES string of the molecule is CC(C)CN1CCCC(CNC(=O)c2cc3ccccc3[nH]c2=O)C1. The van der Waals surface area contributed by atoms with Crippen LogP contribution in [0.3, 0.4) is 0 Å². The van der Waals surface area contributed by atoms with Gasteiger partial charge in [-0.1, -0.05) is 32.0 Å². The Labute approximate surface area is 148 Å². The first-order valence-corrected chi connectivity index (χ1v) is 9.15. The van der Waals surface area contributed by atoms with Crippen LogP contribution in [0.2, 0.25) is 0 Å². The van der Waals surface area contributed by atoms with Crippen molar-refractivity contribution >= 4 is 16.8 Å². The lowest BCUT2D eigenvalue weighted by molar-refractivity contribution is 0.0928. The van der Waals surface area contributed by atoms with Gasteiger partial charge in [-0.05, 0) is 48.7 Å². The van der Waals surface area contributed by atoms with Crippen molar-refractivity contribution in [2.45, 2.75) is 26.7 Å². The summed E-state index contributed by atoms with van der Waals surface area (Å²) in [5.41, 5.74) is 0.607. The van der Waals surface area contributed by atoms with Gasteiger partial charge in [0.15, 0.2) is 0 Å². The molecule has 1 aliphatic heterocycles. The Kier molecular flexibility index (Phi) is 5.53. The van der Waals surface area contributed by atoms with Crippen LogP contribution >= 0.6 is 0 Å². The predicted octanol–water partition coefficient (Wildman–Crippen LogP) is 2.63. The highest BCUT2D eigenvalue weighted by molar-refractivity contribution is 5.97. The highest BCUT2D eigenvalue weighted by Crippen LogP contribution is 2.17. The maximum atomic E-state index is 12.5. The van der Waals surface area contributed by atoms with Gasteiger partial charge < -0.3 is 15.2 Å². The minimum atomic E-state index is -0.332. The van der Waals surface area contributed by atoms with Gasteiger partial charge in [-0.25, -0.2) is 0 Å². The number of aromatic nitrogens is 1. The topological polar surface area (TPSA) is 65.2 Å². The smallest absolute Gasteiger partial charge is 0.261 e. The number of H-pyrrole nitrogens is 1. The number of piperidine rings is 1. The van der Waals surface area contributed by atoms with Crippen molar-refractivity contribution in [1.82, 2.24) is 15.2 Å². The molecule has 1 aromatic carbocycles. The number of rotatable bonds is 5. The molecule has 3 rings (SSSR count). The summed E-state index contributed by atoms with van der Waals surface area (Å²) >= 11 is 0. The Balaban J connectivity index is 1.63. The molecule has 1 unspecified atom stereocenters. The molecule has 1 aromatic heterocycles. The van der Waals surface area contributed by atoms with E-state index in [1.807, 2.05) is 24.3 Å². The molecule has 1 atom stereocenters. The van der Waals surface area contributed by atoms with Crippen molar-refractivity contribution in [2.24, 2.45) is 11.8 Å². The number of likely N-dealkylation sites (tertiary alicyclic amines) is 1. The molecule has 1 amide bonds. The van der Waals surface area contributed by atoms with Crippen molar-refractivity contribution < 1.29 is 4.79 Å². The number of aromatic amines is 1. The minimum absolute atomic E-state index is 0.188. The second-order valence-electron chi connectivity index (χ2n) is 7.47. The molecule has 0 saturated carbocycles. The zero-order valence-corrected chi connectivity index (χ0v) is 15.0. The van der Waals surface area contributed by atoms with Gasteiger partial charge >= 0.3 is 0 Å². The van der Waals surface area contributed by atoms with Gasteiger partial charge in [0, 0.05) is 25.2 Å². The molecule has 0 spiro atoms. The molecule has 1 saturated heterocycles. The van der Waals surface area contributed by atoms with Crippen LogP contribution in [0.5, 0.6) is 0 Å². The predicted molar refractivity (Wildman–Crippen MR) is 101 cm³/mol. The number of fused-ring (bicyclic) bond motifs is 1. The maximum Gasteiger partial charge on any atom is 0.261 e. The Morgan fingerprint density at radius 3 is 2.96 bits per heavy atom. The first-order valence-electron chi connectivity index (χ1n) is 9.15.